The van der Waals surface area contributed by atoms with Gasteiger partial charge in [-0.2, -0.15) is 0 Å². The molecule has 1 saturated carbocycles. The van der Waals surface area contributed by atoms with Crippen LogP contribution in [-0.2, 0) is 6.54 Å². The van der Waals surface area contributed by atoms with E-state index in [1.807, 2.05) is 35.2 Å². The van der Waals surface area contributed by atoms with Gasteiger partial charge in [0.05, 0.1) is 5.56 Å². The zero-order valence-electron chi connectivity index (χ0n) is 15.1. The van der Waals surface area contributed by atoms with E-state index in [1.54, 1.807) is 12.4 Å². The minimum atomic E-state index is 0.0347. The van der Waals surface area contributed by atoms with E-state index in [2.05, 4.69) is 17.1 Å². The van der Waals surface area contributed by atoms with Crippen LogP contribution in [0.3, 0.4) is 0 Å². The third kappa shape index (κ3) is 3.18. The van der Waals surface area contributed by atoms with E-state index in [4.69, 9.17) is 9.47 Å². The minimum Gasteiger partial charge on any atom is -0.454 e. The fraction of sp³-hybridized carbons (Fsp3) is 0.364. The molecule has 1 aromatic carbocycles. The van der Waals surface area contributed by atoms with Gasteiger partial charge in [-0.3, -0.25) is 9.78 Å². The Labute approximate surface area is 158 Å². The third-order valence-electron chi connectivity index (χ3n) is 5.88. The zero-order chi connectivity index (χ0) is 18.2. The van der Waals surface area contributed by atoms with Crippen molar-refractivity contribution in [3.05, 3.63) is 66.0 Å². The van der Waals surface area contributed by atoms with Gasteiger partial charge in [-0.05, 0) is 60.4 Å². The fourth-order valence-corrected chi connectivity index (χ4v) is 4.54. The Kier molecular flexibility index (Phi) is 4.07. The largest absolute Gasteiger partial charge is 0.454 e. The van der Waals surface area contributed by atoms with Gasteiger partial charge in [-0.25, -0.2) is 0 Å². The Morgan fingerprint density at radius 1 is 1.15 bits per heavy atom. The van der Waals surface area contributed by atoms with E-state index in [9.17, 15) is 4.79 Å². The Bertz CT molecular complexity index is 880. The molecule has 27 heavy (non-hydrogen) atoms. The number of benzene rings is 1. The van der Waals surface area contributed by atoms with Crippen LogP contribution in [0.5, 0.6) is 11.5 Å². The van der Waals surface area contributed by atoms with Crippen molar-refractivity contribution in [3.63, 3.8) is 0 Å². The number of hydrogen-bond acceptors (Lipinski definition) is 4. The molecule has 0 saturated heterocycles. The quantitative estimate of drug-likeness (QED) is 0.762. The molecule has 1 aliphatic heterocycles. The summed E-state index contributed by atoms with van der Waals surface area (Å²) >= 11 is 0. The van der Waals surface area contributed by atoms with Gasteiger partial charge in [0.1, 0.15) is 0 Å². The van der Waals surface area contributed by atoms with Gasteiger partial charge in [-0.15, -0.1) is 0 Å². The number of rotatable bonds is 5. The molecule has 3 aliphatic rings. The molecule has 1 fully saturated rings. The van der Waals surface area contributed by atoms with Crippen molar-refractivity contribution in [1.29, 1.82) is 0 Å². The minimum absolute atomic E-state index is 0.0347. The third-order valence-corrected chi connectivity index (χ3v) is 5.88. The Morgan fingerprint density at radius 2 is 2.07 bits per heavy atom. The molecule has 138 valence electrons. The topological polar surface area (TPSA) is 51.7 Å². The molecule has 3 atom stereocenters. The van der Waals surface area contributed by atoms with Crippen molar-refractivity contribution < 1.29 is 14.3 Å². The molecular formula is C22H22N2O3. The highest BCUT2D eigenvalue weighted by Gasteiger charge is 2.37. The molecule has 3 unspecified atom stereocenters. The second-order valence-electron chi connectivity index (χ2n) is 7.66. The van der Waals surface area contributed by atoms with Crippen LogP contribution in [0.25, 0.3) is 0 Å². The van der Waals surface area contributed by atoms with Crippen LogP contribution in [0.1, 0.15) is 28.8 Å². The first-order valence-electron chi connectivity index (χ1n) is 9.52. The summed E-state index contributed by atoms with van der Waals surface area (Å²) in [4.78, 5) is 19.3. The molecule has 1 amide bonds. The molecule has 5 heteroatoms. The Hall–Kier alpha value is -2.82. The number of pyridine rings is 1. The second kappa shape index (κ2) is 6.72. The zero-order valence-corrected chi connectivity index (χ0v) is 15.1. The van der Waals surface area contributed by atoms with Crippen molar-refractivity contribution >= 4 is 5.91 Å². The van der Waals surface area contributed by atoms with Gasteiger partial charge >= 0.3 is 0 Å². The molecule has 2 aliphatic carbocycles. The van der Waals surface area contributed by atoms with Gasteiger partial charge in [0, 0.05) is 25.5 Å². The summed E-state index contributed by atoms with van der Waals surface area (Å²) in [5.74, 6) is 3.39. The van der Waals surface area contributed by atoms with E-state index >= 15 is 0 Å². The Balaban J connectivity index is 1.39. The number of nitrogens with zero attached hydrogens (tertiary/aromatic N) is 2. The van der Waals surface area contributed by atoms with Gasteiger partial charge in [-0.1, -0.05) is 18.2 Å². The number of allylic oxidation sites excluding steroid dienone is 2. The lowest BCUT2D eigenvalue weighted by atomic mass is 9.92. The van der Waals surface area contributed by atoms with Crippen LogP contribution in [0.15, 0.2) is 54.9 Å². The molecule has 5 nitrogen and oxygen atoms in total. The molecule has 2 aromatic rings. The summed E-state index contributed by atoms with van der Waals surface area (Å²) in [5, 5.41) is 0. The van der Waals surface area contributed by atoms with Crippen LogP contribution >= 0.6 is 0 Å². The standard InChI is InChI=1S/C22H22N2O3/c25-22(18-2-1-7-23-11-18)24(13-19-9-15-3-5-17(19)8-15)12-16-4-6-20-21(10-16)27-14-26-20/h1-7,10-11,15,17,19H,8-9,12-14H2. The number of fused-ring (bicyclic) bond motifs is 3. The maximum Gasteiger partial charge on any atom is 0.255 e. The lowest BCUT2D eigenvalue weighted by Crippen LogP contribution is -2.36. The van der Waals surface area contributed by atoms with Gasteiger partial charge in [0.15, 0.2) is 11.5 Å². The highest BCUT2D eigenvalue weighted by atomic mass is 16.7. The van der Waals surface area contributed by atoms with Crippen molar-refractivity contribution in [2.75, 3.05) is 13.3 Å². The van der Waals surface area contributed by atoms with Gasteiger partial charge < -0.3 is 14.4 Å². The first kappa shape index (κ1) is 16.4. The summed E-state index contributed by atoms with van der Waals surface area (Å²) in [6, 6.07) is 9.56. The van der Waals surface area contributed by atoms with Crippen molar-refractivity contribution in [3.8, 4) is 11.5 Å². The molecule has 2 heterocycles. The van der Waals surface area contributed by atoms with Crippen molar-refractivity contribution in [2.24, 2.45) is 17.8 Å². The molecule has 0 radical (unpaired) electrons. The van der Waals surface area contributed by atoms with Crippen LogP contribution in [0, 0.1) is 17.8 Å². The highest BCUT2D eigenvalue weighted by molar-refractivity contribution is 5.93. The maximum absolute atomic E-state index is 13.2. The smallest absolute Gasteiger partial charge is 0.255 e. The highest BCUT2D eigenvalue weighted by Crippen LogP contribution is 2.44. The predicted molar refractivity (Wildman–Crippen MR) is 100 cm³/mol. The maximum atomic E-state index is 13.2. The van der Waals surface area contributed by atoms with Crippen LogP contribution in [0.2, 0.25) is 0 Å². The summed E-state index contributed by atoms with van der Waals surface area (Å²) < 4.78 is 10.9. The number of carbonyl (C=O) groups excluding carboxylic acids is 1. The average molecular weight is 362 g/mol. The van der Waals surface area contributed by atoms with Crippen LogP contribution in [0.4, 0.5) is 0 Å². The number of aromatic nitrogens is 1. The molecular weight excluding hydrogens is 340 g/mol. The van der Waals surface area contributed by atoms with Crippen molar-refractivity contribution in [2.45, 2.75) is 19.4 Å². The lowest BCUT2D eigenvalue weighted by Gasteiger charge is -2.29. The van der Waals surface area contributed by atoms with E-state index < -0.39 is 0 Å². The number of ether oxygens (including phenoxy) is 2. The SMILES string of the molecule is O=C(c1cccnc1)N(Cc1ccc2c(c1)OCO2)CC1CC2C=CC1C2. The number of carbonyl (C=O) groups is 1. The second-order valence-corrected chi connectivity index (χ2v) is 7.66. The van der Waals surface area contributed by atoms with Gasteiger partial charge in [0.2, 0.25) is 6.79 Å². The van der Waals surface area contributed by atoms with Crippen LogP contribution in [-0.4, -0.2) is 29.1 Å². The van der Waals surface area contributed by atoms with E-state index in [1.165, 1.54) is 12.8 Å². The summed E-state index contributed by atoms with van der Waals surface area (Å²) in [7, 11) is 0. The first-order chi connectivity index (χ1) is 13.3. The van der Waals surface area contributed by atoms with Gasteiger partial charge in [0.25, 0.3) is 5.91 Å². The average Bonchev–Trinajstić information content (AvgIpc) is 3.44. The van der Waals surface area contributed by atoms with Crippen LogP contribution < -0.4 is 9.47 Å². The van der Waals surface area contributed by atoms with E-state index in [0.717, 1.165) is 23.6 Å². The molecule has 0 spiro atoms. The van der Waals surface area contributed by atoms with E-state index in [-0.39, 0.29) is 12.7 Å². The molecule has 0 N–H and O–H groups in total. The number of hydrogen-bond donors (Lipinski definition) is 0. The summed E-state index contributed by atoms with van der Waals surface area (Å²) in [6.07, 6.45) is 10.4. The van der Waals surface area contributed by atoms with E-state index in [0.29, 0.717) is 29.9 Å². The normalized spacial score (nSPS) is 24.4. The Morgan fingerprint density at radius 3 is 2.85 bits per heavy atom. The molecule has 1 aromatic heterocycles. The fourth-order valence-electron chi connectivity index (χ4n) is 4.54. The number of amides is 1. The molecule has 5 rings (SSSR count). The predicted octanol–water partition coefficient (Wildman–Crippen LogP) is 3.66. The first-order valence-corrected chi connectivity index (χ1v) is 9.52. The van der Waals surface area contributed by atoms with Crippen molar-refractivity contribution in [1.82, 2.24) is 9.88 Å². The summed E-state index contributed by atoms with van der Waals surface area (Å²) in [6.45, 7) is 1.59. The molecule has 2 bridgehead atoms. The lowest BCUT2D eigenvalue weighted by molar-refractivity contribution is 0.0704. The summed E-state index contributed by atoms with van der Waals surface area (Å²) in [5.41, 5.74) is 1.69. The monoisotopic (exact) mass is 362 g/mol.